The van der Waals surface area contributed by atoms with Crippen molar-refractivity contribution in [2.45, 2.75) is 13.3 Å². The van der Waals surface area contributed by atoms with Gasteiger partial charge in [-0.2, -0.15) is 5.26 Å². The fourth-order valence-corrected chi connectivity index (χ4v) is 1.16. The van der Waals surface area contributed by atoms with E-state index in [9.17, 15) is 8.78 Å². The zero-order valence-corrected chi connectivity index (χ0v) is 8.27. The molecule has 0 atom stereocenters. The lowest BCUT2D eigenvalue weighted by molar-refractivity contribution is 0.150. The Labute approximate surface area is 82.3 Å². The molecule has 5 heteroatoms. The van der Waals surface area contributed by atoms with Gasteiger partial charge in [0.05, 0.1) is 5.56 Å². The van der Waals surface area contributed by atoms with Crippen LogP contribution in [-0.4, -0.2) is 4.98 Å². The van der Waals surface area contributed by atoms with Crippen LogP contribution in [0.1, 0.15) is 23.2 Å². The SMILES string of the molecule is Cc1cc(C(F)F)c(C#N)nc1Br. The Kier molecular flexibility index (Phi) is 2.94. The van der Waals surface area contributed by atoms with E-state index in [1.54, 1.807) is 13.0 Å². The average Bonchev–Trinajstić information content (AvgIpc) is 2.08. The van der Waals surface area contributed by atoms with E-state index in [0.717, 1.165) is 0 Å². The van der Waals surface area contributed by atoms with Crippen molar-refractivity contribution in [3.63, 3.8) is 0 Å². The van der Waals surface area contributed by atoms with Gasteiger partial charge in [0.2, 0.25) is 0 Å². The van der Waals surface area contributed by atoms with Gasteiger partial charge in [0, 0.05) is 0 Å². The van der Waals surface area contributed by atoms with Crippen LogP contribution in [0.3, 0.4) is 0 Å². The quantitative estimate of drug-likeness (QED) is 0.715. The molecule has 0 aliphatic rings. The highest BCUT2D eigenvalue weighted by Crippen LogP contribution is 2.25. The largest absolute Gasteiger partial charge is 0.266 e. The minimum Gasteiger partial charge on any atom is -0.229 e. The molecule has 0 amide bonds. The fraction of sp³-hybridized carbons (Fsp3) is 0.250. The third-order valence-corrected chi connectivity index (χ3v) is 2.32. The second-order valence-electron chi connectivity index (χ2n) is 2.45. The molecular formula is C8H5BrF2N2. The molecule has 0 fully saturated rings. The number of hydrogen-bond acceptors (Lipinski definition) is 2. The number of aryl methyl sites for hydroxylation is 1. The lowest BCUT2D eigenvalue weighted by atomic mass is 10.1. The topological polar surface area (TPSA) is 36.7 Å². The summed E-state index contributed by atoms with van der Waals surface area (Å²) in [7, 11) is 0. The predicted octanol–water partition coefficient (Wildman–Crippen LogP) is 2.96. The van der Waals surface area contributed by atoms with E-state index in [-0.39, 0.29) is 11.3 Å². The molecule has 1 aromatic rings. The number of nitriles is 1. The Bertz CT molecular complexity index is 371. The highest BCUT2D eigenvalue weighted by Gasteiger charge is 2.15. The van der Waals surface area contributed by atoms with Crippen LogP contribution in [0.4, 0.5) is 8.78 Å². The van der Waals surface area contributed by atoms with E-state index in [1.807, 2.05) is 0 Å². The molecule has 0 saturated carbocycles. The summed E-state index contributed by atoms with van der Waals surface area (Å²) in [5, 5.41) is 8.52. The summed E-state index contributed by atoms with van der Waals surface area (Å²) in [6, 6.07) is 2.89. The summed E-state index contributed by atoms with van der Waals surface area (Å²) < 4.78 is 25.1. The standard InChI is InChI=1S/C8H5BrF2N2/c1-4-2-5(8(10)11)6(3-12)13-7(4)9/h2,8H,1H3. The minimum absolute atomic E-state index is 0.229. The van der Waals surface area contributed by atoms with Gasteiger partial charge < -0.3 is 0 Å². The Morgan fingerprint density at radius 2 is 2.23 bits per heavy atom. The van der Waals surface area contributed by atoms with Crippen molar-refractivity contribution in [2.75, 3.05) is 0 Å². The molecule has 0 aliphatic heterocycles. The van der Waals surface area contributed by atoms with Crippen LogP contribution >= 0.6 is 15.9 Å². The lowest BCUT2D eigenvalue weighted by Gasteiger charge is -2.04. The number of hydrogen-bond donors (Lipinski definition) is 0. The second kappa shape index (κ2) is 3.79. The van der Waals surface area contributed by atoms with Gasteiger partial charge in [-0.15, -0.1) is 0 Å². The predicted molar refractivity (Wildman–Crippen MR) is 46.3 cm³/mol. The number of nitrogens with zero attached hydrogens (tertiary/aromatic N) is 2. The maximum Gasteiger partial charge on any atom is 0.266 e. The molecule has 0 N–H and O–H groups in total. The summed E-state index contributed by atoms with van der Waals surface area (Å²) >= 11 is 3.06. The summed E-state index contributed by atoms with van der Waals surface area (Å²) in [6.07, 6.45) is -2.66. The molecule has 0 radical (unpaired) electrons. The van der Waals surface area contributed by atoms with E-state index in [4.69, 9.17) is 5.26 Å². The highest BCUT2D eigenvalue weighted by atomic mass is 79.9. The molecule has 1 rings (SSSR count). The third-order valence-electron chi connectivity index (χ3n) is 1.52. The van der Waals surface area contributed by atoms with Crippen LogP contribution in [0.5, 0.6) is 0 Å². The van der Waals surface area contributed by atoms with Gasteiger partial charge in [0.25, 0.3) is 6.43 Å². The molecule has 2 nitrogen and oxygen atoms in total. The Morgan fingerprint density at radius 3 is 2.69 bits per heavy atom. The minimum atomic E-state index is -2.66. The van der Waals surface area contributed by atoms with Crippen LogP contribution in [0.15, 0.2) is 10.7 Å². The Balaban J connectivity index is 3.35. The molecule has 0 spiro atoms. The zero-order chi connectivity index (χ0) is 10.0. The van der Waals surface area contributed by atoms with Crippen molar-refractivity contribution in [1.82, 2.24) is 4.98 Å². The van der Waals surface area contributed by atoms with Gasteiger partial charge in [-0.1, -0.05) is 0 Å². The van der Waals surface area contributed by atoms with Crippen LogP contribution < -0.4 is 0 Å². The first-order chi connectivity index (χ1) is 6.06. The van der Waals surface area contributed by atoms with Crippen molar-refractivity contribution in [2.24, 2.45) is 0 Å². The van der Waals surface area contributed by atoms with Crippen molar-refractivity contribution in [1.29, 1.82) is 5.26 Å². The van der Waals surface area contributed by atoms with Crippen LogP contribution in [0, 0.1) is 18.3 Å². The van der Waals surface area contributed by atoms with Gasteiger partial charge >= 0.3 is 0 Å². The molecule has 1 aromatic heterocycles. The van der Waals surface area contributed by atoms with E-state index in [2.05, 4.69) is 20.9 Å². The van der Waals surface area contributed by atoms with Crippen molar-refractivity contribution >= 4 is 15.9 Å². The first-order valence-corrected chi connectivity index (χ1v) is 4.21. The van der Waals surface area contributed by atoms with Crippen molar-refractivity contribution in [3.05, 3.63) is 27.5 Å². The molecular weight excluding hydrogens is 242 g/mol. The number of pyridine rings is 1. The number of aromatic nitrogens is 1. The number of rotatable bonds is 1. The van der Waals surface area contributed by atoms with E-state index >= 15 is 0 Å². The van der Waals surface area contributed by atoms with Crippen molar-refractivity contribution in [3.8, 4) is 6.07 Å². The van der Waals surface area contributed by atoms with E-state index < -0.39 is 6.43 Å². The maximum atomic E-state index is 12.3. The number of alkyl halides is 2. The van der Waals surface area contributed by atoms with Crippen LogP contribution in [-0.2, 0) is 0 Å². The molecule has 0 aromatic carbocycles. The summed E-state index contributed by atoms with van der Waals surface area (Å²) in [5.74, 6) is 0. The average molecular weight is 247 g/mol. The fourth-order valence-electron chi connectivity index (χ4n) is 0.868. The third kappa shape index (κ3) is 2.01. The highest BCUT2D eigenvalue weighted by molar-refractivity contribution is 9.10. The monoisotopic (exact) mass is 246 g/mol. The Morgan fingerprint density at radius 1 is 1.62 bits per heavy atom. The number of halogens is 3. The van der Waals surface area contributed by atoms with E-state index in [1.165, 1.54) is 6.07 Å². The van der Waals surface area contributed by atoms with Gasteiger partial charge in [-0.25, -0.2) is 13.8 Å². The normalized spacial score (nSPS) is 10.2. The molecule has 1 heterocycles. The van der Waals surface area contributed by atoms with Gasteiger partial charge in [0.15, 0.2) is 5.69 Å². The maximum absolute atomic E-state index is 12.3. The second-order valence-corrected chi connectivity index (χ2v) is 3.20. The molecule has 0 bridgehead atoms. The molecule has 0 aliphatic carbocycles. The first-order valence-electron chi connectivity index (χ1n) is 3.41. The van der Waals surface area contributed by atoms with Gasteiger partial charge in [0.1, 0.15) is 10.7 Å². The first kappa shape index (κ1) is 10.1. The molecule has 68 valence electrons. The van der Waals surface area contributed by atoms with Crippen LogP contribution in [0.25, 0.3) is 0 Å². The Hall–Kier alpha value is -1.02. The van der Waals surface area contributed by atoms with Gasteiger partial charge in [-0.05, 0) is 34.5 Å². The lowest BCUT2D eigenvalue weighted by Crippen LogP contribution is -1.96. The van der Waals surface area contributed by atoms with Crippen LogP contribution in [0.2, 0.25) is 0 Å². The smallest absolute Gasteiger partial charge is 0.229 e. The summed E-state index contributed by atoms with van der Waals surface area (Å²) in [5.41, 5.74) is 0.0463. The molecule has 13 heavy (non-hydrogen) atoms. The molecule has 0 saturated heterocycles. The summed E-state index contributed by atoms with van der Waals surface area (Å²) in [6.45, 7) is 1.64. The molecule has 0 unspecified atom stereocenters. The van der Waals surface area contributed by atoms with Crippen molar-refractivity contribution < 1.29 is 8.78 Å². The van der Waals surface area contributed by atoms with Gasteiger partial charge in [-0.3, -0.25) is 0 Å². The summed E-state index contributed by atoms with van der Waals surface area (Å²) in [4.78, 5) is 3.69. The zero-order valence-electron chi connectivity index (χ0n) is 6.68. The van der Waals surface area contributed by atoms with E-state index in [0.29, 0.717) is 10.2 Å².